The summed E-state index contributed by atoms with van der Waals surface area (Å²) >= 11 is 1.22. The third-order valence-electron chi connectivity index (χ3n) is 4.06. The van der Waals surface area contributed by atoms with E-state index in [1.807, 2.05) is 54.6 Å². The average Bonchev–Trinajstić information content (AvgIpc) is 3.17. The normalized spacial score (nSPS) is 10.8. The van der Waals surface area contributed by atoms with Crippen molar-refractivity contribution in [3.8, 4) is 17.2 Å². The summed E-state index contributed by atoms with van der Waals surface area (Å²) in [5.74, 6) is -1.10. The summed E-state index contributed by atoms with van der Waals surface area (Å²) in [6.07, 6.45) is 1.51. The topological polar surface area (TPSA) is 79.2 Å². The predicted molar refractivity (Wildman–Crippen MR) is 114 cm³/mol. The molecule has 1 N–H and O–H groups in total. The highest BCUT2D eigenvalue weighted by Crippen LogP contribution is 2.36. The van der Waals surface area contributed by atoms with Crippen molar-refractivity contribution in [2.45, 2.75) is 6.92 Å². The second-order valence-electron chi connectivity index (χ2n) is 5.97. The van der Waals surface area contributed by atoms with Gasteiger partial charge in [0.2, 0.25) is 0 Å². The van der Waals surface area contributed by atoms with Gasteiger partial charge in [0.1, 0.15) is 22.2 Å². The molecule has 3 aromatic rings. The van der Waals surface area contributed by atoms with Gasteiger partial charge in [-0.2, -0.15) is 5.26 Å². The maximum absolute atomic E-state index is 12.7. The zero-order valence-electron chi connectivity index (χ0n) is 15.7. The smallest absolute Gasteiger partial charge is 0.341 e. The van der Waals surface area contributed by atoms with E-state index < -0.39 is 11.9 Å². The highest BCUT2D eigenvalue weighted by molar-refractivity contribution is 7.15. The molecule has 2 aromatic carbocycles. The lowest BCUT2D eigenvalue weighted by Gasteiger charge is -2.08. The van der Waals surface area contributed by atoms with E-state index in [0.717, 1.165) is 11.1 Å². The number of nitrogens with zero attached hydrogens (tertiary/aromatic N) is 1. The molecule has 1 heterocycles. The number of esters is 1. The Hall–Kier alpha value is -3.69. The van der Waals surface area contributed by atoms with Crippen molar-refractivity contribution in [1.29, 1.82) is 5.26 Å². The maximum atomic E-state index is 12.7. The average molecular weight is 402 g/mol. The third kappa shape index (κ3) is 4.78. The monoisotopic (exact) mass is 402 g/mol. The molecule has 0 saturated heterocycles. The van der Waals surface area contributed by atoms with Gasteiger partial charge in [-0.25, -0.2) is 4.79 Å². The van der Waals surface area contributed by atoms with E-state index in [2.05, 4.69) is 5.32 Å². The third-order valence-corrected chi connectivity index (χ3v) is 4.95. The zero-order chi connectivity index (χ0) is 20.6. The van der Waals surface area contributed by atoms with Crippen LogP contribution in [0.1, 0.15) is 22.8 Å². The van der Waals surface area contributed by atoms with Crippen molar-refractivity contribution < 1.29 is 14.3 Å². The van der Waals surface area contributed by atoms with Crippen molar-refractivity contribution >= 4 is 34.3 Å². The second-order valence-corrected chi connectivity index (χ2v) is 6.85. The molecule has 0 aliphatic heterocycles. The van der Waals surface area contributed by atoms with Crippen LogP contribution in [0.3, 0.4) is 0 Å². The van der Waals surface area contributed by atoms with Gasteiger partial charge in [-0.05, 0) is 24.1 Å². The largest absolute Gasteiger partial charge is 0.462 e. The Labute approximate surface area is 172 Å². The van der Waals surface area contributed by atoms with Crippen molar-refractivity contribution in [2.24, 2.45) is 0 Å². The first-order chi connectivity index (χ1) is 14.1. The van der Waals surface area contributed by atoms with Gasteiger partial charge in [0.25, 0.3) is 5.91 Å². The van der Waals surface area contributed by atoms with E-state index in [1.165, 1.54) is 17.4 Å². The number of carbonyl (C=O) groups excluding carboxylic acids is 2. The lowest BCUT2D eigenvalue weighted by Crippen LogP contribution is -2.16. The summed E-state index contributed by atoms with van der Waals surface area (Å²) in [5, 5.41) is 14.3. The Morgan fingerprint density at radius 1 is 1.10 bits per heavy atom. The number of rotatable bonds is 6. The maximum Gasteiger partial charge on any atom is 0.341 e. The van der Waals surface area contributed by atoms with Crippen LogP contribution in [-0.4, -0.2) is 18.5 Å². The quantitative estimate of drug-likeness (QED) is 0.352. The molecule has 1 amide bonds. The fraction of sp³-hybridized carbons (Fsp3) is 0.0870. The first kappa shape index (κ1) is 20.1. The molecule has 5 nitrogen and oxygen atoms in total. The molecule has 0 bridgehead atoms. The number of carbonyl (C=O) groups is 2. The van der Waals surface area contributed by atoms with E-state index in [4.69, 9.17) is 4.74 Å². The number of amides is 1. The van der Waals surface area contributed by atoms with Gasteiger partial charge < -0.3 is 10.1 Å². The number of hydrogen-bond donors (Lipinski definition) is 1. The number of ether oxygens (including phenoxy) is 1. The lowest BCUT2D eigenvalue weighted by molar-refractivity contribution is -0.112. The summed E-state index contributed by atoms with van der Waals surface area (Å²) in [7, 11) is 0. The van der Waals surface area contributed by atoms with E-state index in [1.54, 1.807) is 24.4 Å². The van der Waals surface area contributed by atoms with Gasteiger partial charge in [0.05, 0.1) is 6.61 Å². The predicted octanol–water partition coefficient (Wildman–Crippen LogP) is 5.14. The second kappa shape index (κ2) is 9.49. The number of hydrogen-bond acceptors (Lipinski definition) is 5. The van der Waals surface area contributed by atoms with Crippen LogP contribution in [0.15, 0.2) is 71.6 Å². The molecule has 0 spiro atoms. The Balaban J connectivity index is 1.95. The van der Waals surface area contributed by atoms with Crippen molar-refractivity contribution in [2.75, 3.05) is 11.9 Å². The molecule has 1 aromatic heterocycles. The number of nitriles is 1. The van der Waals surface area contributed by atoms with Crippen LogP contribution in [0.2, 0.25) is 0 Å². The standard InChI is InChI=1S/C23H18N2O3S/c1-2-28-23(27)20-19(17-11-7-4-8-12-17)15-29-22(20)25-21(26)18(14-24)13-16-9-5-3-6-10-16/h3-13,15H,2H2,1H3,(H,25,26)/b18-13+. The van der Waals surface area contributed by atoms with Crippen LogP contribution < -0.4 is 5.32 Å². The number of benzene rings is 2. The van der Waals surface area contributed by atoms with Crippen molar-refractivity contribution in [1.82, 2.24) is 0 Å². The fourth-order valence-electron chi connectivity index (χ4n) is 2.72. The van der Waals surface area contributed by atoms with Crippen LogP contribution in [0.4, 0.5) is 5.00 Å². The molecule has 0 fully saturated rings. The van der Waals surface area contributed by atoms with Gasteiger partial charge in [-0.1, -0.05) is 60.7 Å². The first-order valence-electron chi connectivity index (χ1n) is 8.96. The highest BCUT2D eigenvalue weighted by Gasteiger charge is 2.23. The molecule has 144 valence electrons. The molecule has 0 radical (unpaired) electrons. The molecular formula is C23H18N2O3S. The summed E-state index contributed by atoms with van der Waals surface area (Å²) in [6, 6.07) is 20.4. The molecule has 3 rings (SSSR count). The number of thiophene rings is 1. The SMILES string of the molecule is CCOC(=O)c1c(-c2ccccc2)csc1NC(=O)/C(C#N)=C/c1ccccc1. The summed E-state index contributed by atoms with van der Waals surface area (Å²) in [6.45, 7) is 1.94. The van der Waals surface area contributed by atoms with Gasteiger partial charge >= 0.3 is 5.97 Å². The molecule has 0 aliphatic carbocycles. The van der Waals surface area contributed by atoms with E-state index >= 15 is 0 Å². The Morgan fingerprint density at radius 2 is 1.76 bits per heavy atom. The van der Waals surface area contributed by atoms with Gasteiger partial charge in [-0.3, -0.25) is 4.79 Å². The van der Waals surface area contributed by atoms with Crippen molar-refractivity contribution in [3.05, 3.63) is 82.7 Å². The molecule has 0 atom stereocenters. The van der Waals surface area contributed by atoms with Crippen LogP contribution in [0, 0.1) is 11.3 Å². The summed E-state index contributed by atoms with van der Waals surface area (Å²) < 4.78 is 5.19. The summed E-state index contributed by atoms with van der Waals surface area (Å²) in [5.41, 5.74) is 2.48. The zero-order valence-corrected chi connectivity index (χ0v) is 16.5. The Morgan fingerprint density at radius 3 is 2.38 bits per heavy atom. The Kier molecular flexibility index (Phi) is 6.56. The molecule has 0 unspecified atom stereocenters. The minimum Gasteiger partial charge on any atom is -0.462 e. The van der Waals surface area contributed by atoms with Gasteiger partial charge in [0.15, 0.2) is 0 Å². The first-order valence-corrected chi connectivity index (χ1v) is 9.84. The number of nitrogens with one attached hydrogen (secondary N) is 1. The summed E-state index contributed by atoms with van der Waals surface area (Å²) in [4.78, 5) is 25.3. The minimum atomic E-state index is -0.580. The molecule has 0 aliphatic rings. The van der Waals surface area contributed by atoms with Gasteiger partial charge in [0, 0.05) is 10.9 Å². The fourth-order valence-corrected chi connectivity index (χ4v) is 3.67. The van der Waals surface area contributed by atoms with E-state index in [-0.39, 0.29) is 17.7 Å². The van der Waals surface area contributed by atoms with Crippen LogP contribution >= 0.6 is 11.3 Å². The van der Waals surface area contributed by atoms with E-state index in [9.17, 15) is 14.9 Å². The van der Waals surface area contributed by atoms with E-state index in [0.29, 0.717) is 10.6 Å². The molecule has 0 saturated carbocycles. The Bertz CT molecular complexity index is 1080. The minimum absolute atomic E-state index is 0.0549. The van der Waals surface area contributed by atoms with Crippen molar-refractivity contribution in [3.63, 3.8) is 0 Å². The molecule has 6 heteroatoms. The highest BCUT2D eigenvalue weighted by atomic mass is 32.1. The molecular weight excluding hydrogens is 384 g/mol. The van der Waals surface area contributed by atoms with Crippen LogP contribution in [0.5, 0.6) is 0 Å². The van der Waals surface area contributed by atoms with Crippen LogP contribution in [0.25, 0.3) is 17.2 Å². The molecule has 29 heavy (non-hydrogen) atoms. The lowest BCUT2D eigenvalue weighted by atomic mass is 10.0. The van der Waals surface area contributed by atoms with Crippen LogP contribution in [-0.2, 0) is 9.53 Å². The van der Waals surface area contributed by atoms with Gasteiger partial charge in [-0.15, -0.1) is 11.3 Å². The number of anilines is 1.